The van der Waals surface area contributed by atoms with Crippen molar-refractivity contribution in [2.24, 2.45) is 11.7 Å². The second-order valence-corrected chi connectivity index (χ2v) is 4.79. The maximum atomic E-state index is 12.2. The number of nitrogens with two attached hydrogens (primary N) is 1. The molecule has 0 bridgehead atoms. The summed E-state index contributed by atoms with van der Waals surface area (Å²) in [5.74, 6) is 0.774. The van der Waals surface area contributed by atoms with Crippen molar-refractivity contribution in [3.63, 3.8) is 0 Å². The maximum Gasteiger partial charge on any atom is 0.276 e. The Bertz CT molecular complexity index is 418. The highest BCUT2D eigenvalue weighted by atomic mass is 16.5. The predicted molar refractivity (Wildman–Crippen MR) is 64.9 cm³/mol. The summed E-state index contributed by atoms with van der Waals surface area (Å²) >= 11 is 0. The van der Waals surface area contributed by atoms with Crippen molar-refractivity contribution in [3.05, 3.63) is 17.5 Å². The summed E-state index contributed by atoms with van der Waals surface area (Å²) in [5.41, 5.74) is 6.27. The topological polar surface area (TPSA) is 81.6 Å². The van der Waals surface area contributed by atoms with E-state index in [1.165, 1.54) is 0 Å². The average molecular weight is 253 g/mol. The minimum atomic E-state index is -0.0974. The third-order valence-corrected chi connectivity index (χ3v) is 3.32. The minimum absolute atomic E-state index is 0.0974. The summed E-state index contributed by atoms with van der Waals surface area (Å²) in [7, 11) is 1.57. The third kappa shape index (κ3) is 2.70. The Balaban J connectivity index is 2.02. The van der Waals surface area contributed by atoms with Gasteiger partial charge in [0.1, 0.15) is 6.61 Å². The summed E-state index contributed by atoms with van der Waals surface area (Å²) in [6.45, 7) is 3.73. The van der Waals surface area contributed by atoms with Crippen LogP contribution in [-0.4, -0.2) is 42.2 Å². The molecule has 0 radical (unpaired) electrons. The van der Waals surface area contributed by atoms with E-state index >= 15 is 0 Å². The molecule has 0 spiro atoms. The van der Waals surface area contributed by atoms with E-state index in [9.17, 15) is 4.79 Å². The van der Waals surface area contributed by atoms with Crippen LogP contribution in [0.25, 0.3) is 0 Å². The average Bonchev–Trinajstić information content (AvgIpc) is 2.81. The molecule has 0 saturated carbocycles. The van der Waals surface area contributed by atoms with Crippen molar-refractivity contribution >= 4 is 5.91 Å². The first-order valence-electron chi connectivity index (χ1n) is 6.11. The van der Waals surface area contributed by atoms with Crippen LogP contribution in [0.2, 0.25) is 0 Å². The molecule has 100 valence electrons. The van der Waals surface area contributed by atoms with Gasteiger partial charge < -0.3 is 19.9 Å². The minimum Gasteiger partial charge on any atom is -0.377 e. The lowest BCUT2D eigenvalue weighted by Crippen LogP contribution is -2.48. The van der Waals surface area contributed by atoms with Crippen LogP contribution in [0.3, 0.4) is 0 Å². The Morgan fingerprint density at radius 3 is 3.17 bits per heavy atom. The number of methoxy groups -OCH3 is 1. The number of aromatic nitrogens is 1. The van der Waals surface area contributed by atoms with Gasteiger partial charge in [-0.05, 0) is 12.3 Å². The van der Waals surface area contributed by atoms with E-state index in [0.717, 1.165) is 6.42 Å². The van der Waals surface area contributed by atoms with E-state index in [-0.39, 0.29) is 11.9 Å². The van der Waals surface area contributed by atoms with Crippen LogP contribution >= 0.6 is 0 Å². The van der Waals surface area contributed by atoms with Crippen molar-refractivity contribution in [3.8, 4) is 0 Å². The van der Waals surface area contributed by atoms with Gasteiger partial charge in [-0.15, -0.1) is 0 Å². The maximum absolute atomic E-state index is 12.2. The molecule has 6 nitrogen and oxygen atoms in total. The first kappa shape index (κ1) is 13.0. The lowest BCUT2D eigenvalue weighted by molar-refractivity contribution is 0.0653. The number of carbonyl (C=O) groups is 1. The molecule has 2 unspecified atom stereocenters. The van der Waals surface area contributed by atoms with Gasteiger partial charge in [0.2, 0.25) is 0 Å². The Morgan fingerprint density at radius 1 is 1.72 bits per heavy atom. The first-order valence-corrected chi connectivity index (χ1v) is 6.11. The number of rotatable bonds is 3. The highest BCUT2D eigenvalue weighted by molar-refractivity contribution is 5.92. The molecule has 1 aliphatic rings. The normalized spacial score (nSPS) is 24.3. The third-order valence-electron chi connectivity index (χ3n) is 3.32. The summed E-state index contributed by atoms with van der Waals surface area (Å²) in [4.78, 5) is 14.0. The highest BCUT2D eigenvalue weighted by Crippen LogP contribution is 2.17. The van der Waals surface area contributed by atoms with E-state index in [0.29, 0.717) is 37.1 Å². The van der Waals surface area contributed by atoms with Gasteiger partial charge in [0.25, 0.3) is 5.91 Å². The molecule has 6 heteroatoms. The van der Waals surface area contributed by atoms with Gasteiger partial charge in [-0.25, -0.2) is 0 Å². The fraction of sp³-hybridized carbons (Fsp3) is 0.667. The summed E-state index contributed by atoms with van der Waals surface area (Å²) in [6, 6.07) is 1.81. The molecule has 2 rings (SSSR count). The summed E-state index contributed by atoms with van der Waals surface area (Å²) < 4.78 is 9.94. The van der Waals surface area contributed by atoms with Crippen LogP contribution in [0.1, 0.15) is 29.6 Å². The van der Waals surface area contributed by atoms with Gasteiger partial charge in [0.15, 0.2) is 11.5 Å². The van der Waals surface area contributed by atoms with Crippen molar-refractivity contribution in [1.82, 2.24) is 10.1 Å². The Labute approximate surface area is 106 Å². The molecule has 0 aliphatic carbocycles. The number of amides is 1. The number of nitrogens with zero attached hydrogens (tertiary/aromatic N) is 2. The molecule has 1 aromatic heterocycles. The zero-order chi connectivity index (χ0) is 13.1. The smallest absolute Gasteiger partial charge is 0.276 e. The second-order valence-electron chi connectivity index (χ2n) is 4.79. The van der Waals surface area contributed by atoms with E-state index < -0.39 is 0 Å². The number of hydrogen-bond acceptors (Lipinski definition) is 5. The summed E-state index contributed by atoms with van der Waals surface area (Å²) in [5, 5.41) is 3.78. The summed E-state index contributed by atoms with van der Waals surface area (Å²) in [6.07, 6.45) is 0.829. The zero-order valence-corrected chi connectivity index (χ0v) is 10.8. The molecule has 2 N–H and O–H groups in total. The standard InChI is InChI=1S/C12H19N3O3/c1-8-6-15(4-3-10(8)13)12(16)11-5-9(7-17-2)18-14-11/h5,8,10H,3-4,6-7,13H2,1-2H3. The van der Waals surface area contributed by atoms with E-state index in [1.54, 1.807) is 18.1 Å². The Morgan fingerprint density at radius 2 is 2.50 bits per heavy atom. The van der Waals surface area contributed by atoms with Gasteiger partial charge in [-0.2, -0.15) is 0 Å². The van der Waals surface area contributed by atoms with Crippen LogP contribution in [0.15, 0.2) is 10.6 Å². The highest BCUT2D eigenvalue weighted by Gasteiger charge is 2.28. The number of hydrogen-bond donors (Lipinski definition) is 1. The van der Waals surface area contributed by atoms with Gasteiger partial charge in [-0.1, -0.05) is 12.1 Å². The van der Waals surface area contributed by atoms with Crippen LogP contribution in [0, 0.1) is 5.92 Å². The van der Waals surface area contributed by atoms with E-state index in [4.69, 9.17) is 15.0 Å². The number of carbonyl (C=O) groups excluding carboxylic acids is 1. The molecule has 1 fully saturated rings. The molecule has 18 heavy (non-hydrogen) atoms. The molecule has 2 atom stereocenters. The molecule has 0 aromatic carbocycles. The quantitative estimate of drug-likeness (QED) is 0.854. The second kappa shape index (κ2) is 5.49. The number of piperidine rings is 1. The van der Waals surface area contributed by atoms with E-state index in [2.05, 4.69) is 12.1 Å². The fourth-order valence-electron chi connectivity index (χ4n) is 2.13. The lowest BCUT2D eigenvalue weighted by atomic mass is 9.94. The molecule has 1 aliphatic heterocycles. The zero-order valence-electron chi connectivity index (χ0n) is 10.8. The fourth-order valence-corrected chi connectivity index (χ4v) is 2.13. The molecule has 1 aromatic rings. The van der Waals surface area contributed by atoms with Crippen molar-refractivity contribution in [2.45, 2.75) is 26.0 Å². The van der Waals surface area contributed by atoms with Gasteiger partial charge in [-0.3, -0.25) is 4.79 Å². The van der Waals surface area contributed by atoms with Crippen LogP contribution in [-0.2, 0) is 11.3 Å². The van der Waals surface area contributed by atoms with Crippen molar-refractivity contribution < 1.29 is 14.1 Å². The van der Waals surface area contributed by atoms with Crippen LogP contribution in [0.4, 0.5) is 0 Å². The van der Waals surface area contributed by atoms with Crippen LogP contribution < -0.4 is 5.73 Å². The Hall–Kier alpha value is -1.40. The van der Waals surface area contributed by atoms with Gasteiger partial charge in [0.05, 0.1) is 0 Å². The van der Waals surface area contributed by atoms with Gasteiger partial charge >= 0.3 is 0 Å². The molecule has 1 saturated heterocycles. The van der Waals surface area contributed by atoms with E-state index in [1.807, 2.05) is 0 Å². The molecular weight excluding hydrogens is 234 g/mol. The van der Waals surface area contributed by atoms with Crippen molar-refractivity contribution in [1.29, 1.82) is 0 Å². The number of ether oxygens (including phenoxy) is 1. The van der Waals surface area contributed by atoms with Gasteiger partial charge in [0, 0.05) is 32.3 Å². The molecular formula is C12H19N3O3. The largest absolute Gasteiger partial charge is 0.377 e. The first-order chi connectivity index (χ1) is 8.61. The predicted octanol–water partition coefficient (Wildman–Crippen LogP) is 0.630. The molecule has 2 heterocycles. The molecule has 1 amide bonds. The SMILES string of the molecule is COCc1cc(C(=O)N2CCC(N)C(C)C2)no1. The monoisotopic (exact) mass is 253 g/mol. The van der Waals surface area contributed by atoms with Crippen LogP contribution in [0.5, 0.6) is 0 Å². The van der Waals surface area contributed by atoms with Crippen molar-refractivity contribution in [2.75, 3.05) is 20.2 Å². The number of likely N-dealkylation sites (tertiary alicyclic amines) is 1. The Kier molecular flexibility index (Phi) is 3.98. The lowest BCUT2D eigenvalue weighted by Gasteiger charge is -2.34.